The van der Waals surface area contributed by atoms with Gasteiger partial charge in [0.15, 0.2) is 0 Å². The highest BCUT2D eigenvalue weighted by Gasteiger charge is 2.53. The molecule has 4 aliphatic carbocycles. The van der Waals surface area contributed by atoms with E-state index in [9.17, 15) is 0 Å². The van der Waals surface area contributed by atoms with Crippen LogP contribution < -0.4 is 5.32 Å². The van der Waals surface area contributed by atoms with Crippen LogP contribution in [-0.4, -0.2) is 12.1 Å². The van der Waals surface area contributed by atoms with Gasteiger partial charge in [-0.3, -0.25) is 0 Å². The maximum Gasteiger partial charge on any atom is 0.0103 e. The number of hydrogen-bond acceptors (Lipinski definition) is 1. The molecule has 4 saturated carbocycles. The van der Waals surface area contributed by atoms with E-state index in [4.69, 9.17) is 0 Å². The second-order valence-corrected chi connectivity index (χ2v) is 6.55. The van der Waals surface area contributed by atoms with E-state index < -0.39 is 0 Å². The van der Waals surface area contributed by atoms with Crippen molar-refractivity contribution in [3.63, 3.8) is 0 Å². The molecular weight excluding hydrogens is 182 g/mol. The molecule has 5 unspecified atom stereocenters. The molecule has 0 aliphatic heterocycles. The Bertz CT molecular complexity index is 258. The van der Waals surface area contributed by atoms with Crippen LogP contribution in [0.2, 0.25) is 0 Å². The number of nitrogens with one attached hydrogen (secondary N) is 1. The van der Waals surface area contributed by atoms with Crippen LogP contribution in [0.5, 0.6) is 0 Å². The van der Waals surface area contributed by atoms with Gasteiger partial charge in [0.1, 0.15) is 0 Å². The summed E-state index contributed by atoms with van der Waals surface area (Å²) in [6.45, 7) is 0. The van der Waals surface area contributed by atoms with Gasteiger partial charge in [0.25, 0.3) is 0 Å². The molecule has 0 heterocycles. The van der Waals surface area contributed by atoms with Gasteiger partial charge in [-0.1, -0.05) is 12.8 Å². The highest BCUT2D eigenvalue weighted by molar-refractivity contribution is 5.06. The molecule has 4 aliphatic rings. The molecule has 0 radical (unpaired) electrons. The first kappa shape index (κ1) is 9.04. The highest BCUT2D eigenvalue weighted by Crippen LogP contribution is 2.58. The van der Waals surface area contributed by atoms with Crippen LogP contribution in [0.3, 0.4) is 0 Å². The highest BCUT2D eigenvalue weighted by atomic mass is 15.0. The number of rotatable bonds is 2. The van der Waals surface area contributed by atoms with Gasteiger partial charge >= 0.3 is 0 Å². The zero-order chi connectivity index (χ0) is 9.83. The minimum atomic E-state index is 0.911. The maximum atomic E-state index is 3.96. The molecule has 0 aromatic rings. The first-order chi connectivity index (χ1) is 7.42. The van der Waals surface area contributed by atoms with Crippen molar-refractivity contribution in [1.82, 2.24) is 5.32 Å². The van der Waals surface area contributed by atoms with Gasteiger partial charge in [-0.25, -0.2) is 0 Å². The molecule has 5 atom stereocenters. The van der Waals surface area contributed by atoms with Gasteiger partial charge in [-0.2, -0.15) is 0 Å². The van der Waals surface area contributed by atoms with Crippen LogP contribution >= 0.6 is 0 Å². The van der Waals surface area contributed by atoms with E-state index in [0.29, 0.717) is 0 Å². The van der Waals surface area contributed by atoms with Crippen LogP contribution in [0.1, 0.15) is 51.4 Å². The van der Waals surface area contributed by atoms with Gasteiger partial charge in [0.2, 0.25) is 0 Å². The van der Waals surface area contributed by atoms with Crippen LogP contribution in [-0.2, 0) is 0 Å². The minimum absolute atomic E-state index is 0.911. The molecular formula is C14H23N. The lowest BCUT2D eigenvalue weighted by Gasteiger charge is -2.37. The monoisotopic (exact) mass is 205 g/mol. The SMILES string of the molecule is C1CC(NC2CC3CC2C2CCCC32)C1. The Morgan fingerprint density at radius 2 is 1.53 bits per heavy atom. The quantitative estimate of drug-likeness (QED) is 0.731. The molecule has 84 valence electrons. The van der Waals surface area contributed by atoms with Crippen molar-refractivity contribution in [2.24, 2.45) is 23.7 Å². The van der Waals surface area contributed by atoms with Crippen molar-refractivity contribution in [2.45, 2.75) is 63.5 Å². The molecule has 2 bridgehead atoms. The van der Waals surface area contributed by atoms with Crippen molar-refractivity contribution in [2.75, 3.05) is 0 Å². The fourth-order valence-corrected chi connectivity index (χ4v) is 5.14. The van der Waals surface area contributed by atoms with Crippen molar-refractivity contribution in [3.05, 3.63) is 0 Å². The van der Waals surface area contributed by atoms with Crippen molar-refractivity contribution in [3.8, 4) is 0 Å². The van der Waals surface area contributed by atoms with Gasteiger partial charge in [-0.15, -0.1) is 0 Å². The maximum absolute atomic E-state index is 3.96. The minimum Gasteiger partial charge on any atom is -0.311 e. The van der Waals surface area contributed by atoms with Gasteiger partial charge in [-0.05, 0) is 62.2 Å². The molecule has 0 aromatic heterocycles. The van der Waals surface area contributed by atoms with Crippen molar-refractivity contribution in [1.29, 1.82) is 0 Å². The van der Waals surface area contributed by atoms with Crippen molar-refractivity contribution >= 4 is 0 Å². The predicted molar refractivity (Wildman–Crippen MR) is 61.6 cm³/mol. The van der Waals surface area contributed by atoms with E-state index in [1.807, 2.05) is 0 Å². The molecule has 4 rings (SSSR count). The average Bonchev–Trinajstić information content (AvgIpc) is 2.82. The molecule has 1 nitrogen and oxygen atoms in total. The lowest BCUT2D eigenvalue weighted by molar-refractivity contribution is 0.178. The molecule has 0 saturated heterocycles. The summed E-state index contributed by atoms with van der Waals surface area (Å²) in [6.07, 6.45) is 12.2. The molecule has 0 amide bonds. The first-order valence-electron chi connectivity index (χ1n) is 7.18. The number of hydrogen-bond donors (Lipinski definition) is 1. The summed E-state index contributed by atoms with van der Waals surface area (Å²) in [6, 6.07) is 1.84. The predicted octanol–water partition coefficient (Wildman–Crippen LogP) is 2.95. The van der Waals surface area contributed by atoms with E-state index in [1.54, 1.807) is 25.7 Å². The van der Waals surface area contributed by atoms with Crippen LogP contribution in [0, 0.1) is 23.7 Å². The largest absolute Gasteiger partial charge is 0.311 e. The van der Waals surface area contributed by atoms with E-state index in [0.717, 1.165) is 35.8 Å². The second kappa shape index (κ2) is 3.23. The standard InChI is InChI=1S/C14H23N/c1-3-10(4-1)15-14-8-9-7-13(14)12-6-2-5-11(9)12/h9-15H,1-8H2. The first-order valence-corrected chi connectivity index (χ1v) is 7.18. The van der Waals surface area contributed by atoms with Gasteiger partial charge in [0, 0.05) is 12.1 Å². The Labute approximate surface area is 93.0 Å². The Kier molecular flexibility index (Phi) is 1.94. The third-order valence-electron chi connectivity index (χ3n) is 5.98. The molecule has 4 fully saturated rings. The third-order valence-corrected chi connectivity index (χ3v) is 5.98. The Hall–Kier alpha value is -0.0400. The zero-order valence-corrected chi connectivity index (χ0v) is 9.62. The summed E-state index contributed by atoms with van der Waals surface area (Å²) in [5.41, 5.74) is 0. The molecule has 15 heavy (non-hydrogen) atoms. The summed E-state index contributed by atoms with van der Waals surface area (Å²) in [5.74, 6) is 4.51. The van der Waals surface area contributed by atoms with Gasteiger partial charge < -0.3 is 5.32 Å². The van der Waals surface area contributed by atoms with Crippen LogP contribution in [0.4, 0.5) is 0 Å². The lowest BCUT2D eigenvalue weighted by Crippen LogP contribution is -2.47. The summed E-state index contributed by atoms with van der Waals surface area (Å²) >= 11 is 0. The summed E-state index contributed by atoms with van der Waals surface area (Å²) in [5, 5.41) is 3.96. The summed E-state index contributed by atoms with van der Waals surface area (Å²) in [4.78, 5) is 0. The Morgan fingerprint density at radius 1 is 0.733 bits per heavy atom. The van der Waals surface area contributed by atoms with E-state index >= 15 is 0 Å². The molecule has 1 heteroatoms. The summed E-state index contributed by atoms with van der Waals surface area (Å²) in [7, 11) is 0. The summed E-state index contributed by atoms with van der Waals surface area (Å²) < 4.78 is 0. The Balaban J connectivity index is 1.46. The van der Waals surface area contributed by atoms with Crippen LogP contribution in [0.15, 0.2) is 0 Å². The van der Waals surface area contributed by atoms with Crippen LogP contribution in [0.25, 0.3) is 0 Å². The second-order valence-electron chi connectivity index (χ2n) is 6.55. The normalized spacial score (nSPS) is 53.2. The van der Waals surface area contributed by atoms with E-state index in [-0.39, 0.29) is 0 Å². The van der Waals surface area contributed by atoms with E-state index in [1.165, 1.54) is 25.7 Å². The topological polar surface area (TPSA) is 12.0 Å². The number of fused-ring (bicyclic) bond motifs is 5. The van der Waals surface area contributed by atoms with Gasteiger partial charge in [0.05, 0.1) is 0 Å². The zero-order valence-electron chi connectivity index (χ0n) is 9.62. The third kappa shape index (κ3) is 1.25. The fraction of sp³-hybridized carbons (Fsp3) is 1.00. The van der Waals surface area contributed by atoms with Crippen molar-refractivity contribution < 1.29 is 0 Å². The van der Waals surface area contributed by atoms with E-state index in [2.05, 4.69) is 5.32 Å². The molecule has 1 N–H and O–H groups in total. The lowest BCUT2D eigenvalue weighted by atomic mass is 9.78. The Morgan fingerprint density at radius 3 is 2.33 bits per heavy atom. The average molecular weight is 205 g/mol. The molecule has 0 aromatic carbocycles. The smallest absolute Gasteiger partial charge is 0.0103 e. The fourth-order valence-electron chi connectivity index (χ4n) is 5.14. The molecule has 0 spiro atoms.